The van der Waals surface area contributed by atoms with Gasteiger partial charge in [-0.05, 0) is 37.0 Å². The third-order valence-corrected chi connectivity index (χ3v) is 5.84. The van der Waals surface area contributed by atoms with E-state index in [9.17, 15) is 22.4 Å². The zero-order valence-corrected chi connectivity index (χ0v) is 16.5. The van der Waals surface area contributed by atoms with Crippen LogP contribution in [0.25, 0.3) is 5.69 Å². The molecule has 2 fully saturated rings. The van der Waals surface area contributed by atoms with Gasteiger partial charge >= 0.3 is 6.18 Å². The van der Waals surface area contributed by atoms with Crippen molar-refractivity contribution in [1.82, 2.24) is 29.9 Å². The van der Waals surface area contributed by atoms with Crippen molar-refractivity contribution in [3.8, 4) is 5.69 Å². The number of carbonyl (C=O) groups is 1. The molecule has 1 N–H and O–H groups in total. The van der Waals surface area contributed by atoms with Crippen LogP contribution in [0, 0.1) is 11.7 Å². The molecule has 3 atom stereocenters. The number of benzene rings is 1. The van der Waals surface area contributed by atoms with Crippen LogP contribution < -0.4 is 5.32 Å². The van der Waals surface area contributed by atoms with Gasteiger partial charge in [0.05, 0.1) is 42.1 Å². The molecule has 0 unspecified atom stereocenters. The van der Waals surface area contributed by atoms with Crippen LogP contribution in [0.5, 0.6) is 0 Å². The van der Waals surface area contributed by atoms with Crippen LogP contribution in [0.2, 0.25) is 0 Å². The number of aromatic nitrogens is 5. The van der Waals surface area contributed by atoms with Crippen molar-refractivity contribution in [2.75, 3.05) is 11.9 Å². The Kier molecular flexibility index (Phi) is 4.79. The Morgan fingerprint density at radius 2 is 1.88 bits per heavy atom. The molecular formula is C20H17F4N7O. The summed E-state index contributed by atoms with van der Waals surface area (Å²) in [5, 5.41) is 11.2. The number of piperidine rings is 1. The third-order valence-electron chi connectivity index (χ3n) is 5.84. The first-order chi connectivity index (χ1) is 15.3. The maximum atomic E-state index is 14.0. The second-order valence-corrected chi connectivity index (χ2v) is 7.88. The van der Waals surface area contributed by atoms with Crippen LogP contribution in [-0.2, 0) is 6.18 Å². The number of nitrogens with one attached hydrogen (secondary N) is 1. The largest absolute Gasteiger partial charge is 0.434 e. The summed E-state index contributed by atoms with van der Waals surface area (Å²) >= 11 is 0. The van der Waals surface area contributed by atoms with E-state index in [4.69, 9.17) is 0 Å². The van der Waals surface area contributed by atoms with Crippen molar-refractivity contribution in [3.05, 3.63) is 60.1 Å². The number of amides is 1. The van der Waals surface area contributed by atoms with Crippen LogP contribution >= 0.6 is 0 Å². The molecule has 2 aliphatic rings. The van der Waals surface area contributed by atoms with Crippen molar-refractivity contribution in [2.45, 2.75) is 31.1 Å². The van der Waals surface area contributed by atoms with E-state index in [-0.39, 0.29) is 35.3 Å². The van der Waals surface area contributed by atoms with Crippen molar-refractivity contribution in [1.29, 1.82) is 0 Å². The SMILES string of the molecule is O=C(c1cc(F)ccc1-n1nccn1)N1C[C@H]2C[C@@H](Nc3cnc(C(F)(F)F)cn3)[C@@H]1C2. The van der Waals surface area contributed by atoms with Gasteiger partial charge in [0, 0.05) is 12.6 Å². The van der Waals surface area contributed by atoms with Gasteiger partial charge in [0.25, 0.3) is 5.91 Å². The number of hydrogen-bond donors (Lipinski definition) is 1. The second-order valence-electron chi connectivity index (χ2n) is 7.88. The highest BCUT2D eigenvalue weighted by Gasteiger charge is 2.47. The quantitative estimate of drug-likeness (QED) is 0.619. The van der Waals surface area contributed by atoms with Gasteiger partial charge in [0.1, 0.15) is 11.6 Å². The molecule has 1 amide bonds. The smallest absolute Gasteiger partial charge is 0.364 e. The average Bonchev–Trinajstić information content (AvgIpc) is 3.50. The molecule has 5 rings (SSSR count). The molecule has 8 nitrogen and oxygen atoms in total. The molecule has 3 heterocycles. The lowest BCUT2D eigenvalue weighted by Crippen LogP contribution is -2.48. The predicted octanol–water partition coefficient (Wildman–Crippen LogP) is 2.93. The van der Waals surface area contributed by atoms with Crippen molar-refractivity contribution in [3.63, 3.8) is 0 Å². The average molecular weight is 447 g/mol. The molecule has 1 aromatic carbocycles. The summed E-state index contributed by atoms with van der Waals surface area (Å²) in [5.74, 6) is -0.476. The molecular weight excluding hydrogens is 430 g/mol. The van der Waals surface area contributed by atoms with E-state index in [1.165, 1.54) is 29.3 Å². The number of nitrogens with zero attached hydrogens (tertiary/aromatic N) is 6. The van der Waals surface area contributed by atoms with E-state index >= 15 is 0 Å². The zero-order chi connectivity index (χ0) is 22.5. The fraction of sp³-hybridized carbons (Fsp3) is 0.350. The van der Waals surface area contributed by atoms with Gasteiger partial charge in [-0.1, -0.05) is 0 Å². The molecule has 0 spiro atoms. The highest BCUT2D eigenvalue weighted by molar-refractivity contribution is 5.98. The normalized spacial score (nSPS) is 22.4. The lowest BCUT2D eigenvalue weighted by atomic mass is 10.0. The highest BCUT2D eigenvalue weighted by atomic mass is 19.4. The first-order valence-electron chi connectivity index (χ1n) is 9.92. The summed E-state index contributed by atoms with van der Waals surface area (Å²) in [5.41, 5.74) is -0.567. The zero-order valence-electron chi connectivity index (χ0n) is 16.5. The van der Waals surface area contributed by atoms with Crippen molar-refractivity contribution >= 4 is 11.7 Å². The number of fused-ring (bicyclic) bond motifs is 2. The number of alkyl halides is 3. The molecule has 1 aliphatic heterocycles. The summed E-state index contributed by atoms with van der Waals surface area (Å²) in [4.78, 5) is 23.5. The minimum Gasteiger partial charge on any atom is -0.364 e. The fourth-order valence-corrected chi connectivity index (χ4v) is 4.50. The molecule has 32 heavy (non-hydrogen) atoms. The number of halogens is 4. The van der Waals surface area contributed by atoms with Gasteiger partial charge in [-0.15, -0.1) is 0 Å². The summed E-state index contributed by atoms with van der Waals surface area (Å²) in [6, 6.07) is 3.43. The first-order valence-corrected chi connectivity index (χ1v) is 9.92. The monoisotopic (exact) mass is 447 g/mol. The van der Waals surface area contributed by atoms with E-state index in [0.717, 1.165) is 25.1 Å². The van der Waals surface area contributed by atoms with Gasteiger partial charge in [0.15, 0.2) is 5.69 Å². The van der Waals surface area contributed by atoms with Gasteiger partial charge in [-0.3, -0.25) is 4.79 Å². The topological polar surface area (TPSA) is 88.8 Å². The molecule has 0 radical (unpaired) electrons. The summed E-state index contributed by atoms with van der Waals surface area (Å²) in [6.07, 6.45) is 1.55. The Labute approximate surface area is 179 Å². The van der Waals surface area contributed by atoms with Gasteiger partial charge in [-0.25, -0.2) is 14.4 Å². The van der Waals surface area contributed by atoms with Crippen molar-refractivity contribution in [2.24, 2.45) is 5.92 Å². The van der Waals surface area contributed by atoms with Crippen LogP contribution in [-0.4, -0.2) is 54.4 Å². The Morgan fingerprint density at radius 3 is 2.53 bits per heavy atom. The minimum absolute atomic E-state index is 0.141. The summed E-state index contributed by atoms with van der Waals surface area (Å²) in [6.45, 7) is 0.517. The standard InChI is InChI=1S/C20H17F4N7O/c21-12-1-2-15(31-27-3-4-28-31)13(7-12)19(32)30-10-11-5-14(16(30)6-11)29-18-9-25-17(8-26-18)20(22,23)24/h1-4,7-9,11,14,16H,5-6,10H2,(H,26,29)/t11-,14+,16-/m0/s1. The number of likely N-dealkylation sites (tertiary alicyclic amines) is 1. The van der Waals surface area contributed by atoms with E-state index in [1.807, 2.05) is 0 Å². The molecule has 2 aromatic heterocycles. The Morgan fingerprint density at radius 1 is 1.09 bits per heavy atom. The summed E-state index contributed by atoms with van der Waals surface area (Å²) < 4.78 is 52.1. The van der Waals surface area contributed by atoms with E-state index in [1.54, 1.807) is 4.90 Å². The molecule has 3 aromatic rings. The fourth-order valence-electron chi connectivity index (χ4n) is 4.50. The number of rotatable bonds is 4. The van der Waals surface area contributed by atoms with Gasteiger partial charge in [0.2, 0.25) is 0 Å². The summed E-state index contributed by atoms with van der Waals surface area (Å²) in [7, 11) is 0. The van der Waals surface area contributed by atoms with Crippen LogP contribution in [0.15, 0.2) is 43.0 Å². The van der Waals surface area contributed by atoms with Gasteiger partial charge < -0.3 is 10.2 Å². The van der Waals surface area contributed by atoms with Crippen LogP contribution in [0.3, 0.4) is 0 Å². The maximum absolute atomic E-state index is 14.0. The molecule has 166 valence electrons. The van der Waals surface area contributed by atoms with E-state index in [2.05, 4.69) is 25.5 Å². The Balaban J connectivity index is 1.37. The predicted molar refractivity (Wildman–Crippen MR) is 103 cm³/mol. The van der Waals surface area contributed by atoms with Crippen LogP contribution in [0.1, 0.15) is 28.9 Å². The van der Waals surface area contributed by atoms with Crippen molar-refractivity contribution < 1.29 is 22.4 Å². The number of carbonyl (C=O) groups excluding carboxylic acids is 1. The van der Waals surface area contributed by atoms with Crippen LogP contribution in [0.4, 0.5) is 23.4 Å². The highest BCUT2D eigenvalue weighted by Crippen LogP contribution is 2.40. The maximum Gasteiger partial charge on any atom is 0.434 e. The second kappa shape index (κ2) is 7.53. The Hall–Kier alpha value is -3.57. The Bertz CT molecular complexity index is 1130. The van der Waals surface area contributed by atoms with Gasteiger partial charge in [-0.2, -0.15) is 28.2 Å². The molecule has 12 heteroatoms. The minimum atomic E-state index is -4.56. The molecule has 1 saturated heterocycles. The lowest BCUT2D eigenvalue weighted by Gasteiger charge is -2.34. The molecule has 2 bridgehead atoms. The van der Waals surface area contributed by atoms with E-state index < -0.39 is 17.7 Å². The third kappa shape index (κ3) is 3.65. The number of hydrogen-bond acceptors (Lipinski definition) is 6. The molecule has 1 aliphatic carbocycles. The number of anilines is 1. The lowest BCUT2D eigenvalue weighted by molar-refractivity contribution is -0.141. The van der Waals surface area contributed by atoms with E-state index in [0.29, 0.717) is 18.4 Å². The molecule has 1 saturated carbocycles. The first kappa shape index (κ1) is 20.3.